The standard InChI is InChI=1S/2C6H11BrO2/c2*1-2-3-4-5(7)6(8)9/h2*5H,2-4H2,1H3,(H,8,9). The molecule has 0 saturated carbocycles. The van der Waals surface area contributed by atoms with Crippen LogP contribution in [0.2, 0.25) is 0 Å². The highest BCUT2D eigenvalue weighted by Crippen LogP contribution is 2.09. The van der Waals surface area contributed by atoms with Crippen molar-refractivity contribution in [3.05, 3.63) is 0 Å². The minimum absolute atomic E-state index is 0.350. The van der Waals surface area contributed by atoms with Crippen molar-refractivity contribution >= 4 is 43.8 Å². The molecule has 0 fully saturated rings. The van der Waals surface area contributed by atoms with E-state index in [-0.39, 0.29) is 9.65 Å². The Morgan fingerprint density at radius 3 is 1.33 bits per heavy atom. The van der Waals surface area contributed by atoms with Crippen LogP contribution in [0.4, 0.5) is 0 Å². The zero-order chi connectivity index (χ0) is 14.6. The number of unbranched alkanes of at least 4 members (excludes halogenated alkanes) is 2. The molecule has 0 aromatic carbocycles. The summed E-state index contributed by atoms with van der Waals surface area (Å²) in [6.45, 7) is 4.09. The van der Waals surface area contributed by atoms with Gasteiger partial charge in [0, 0.05) is 0 Å². The third kappa shape index (κ3) is 14.0. The maximum atomic E-state index is 10.2. The van der Waals surface area contributed by atoms with Gasteiger partial charge in [0.25, 0.3) is 0 Å². The zero-order valence-electron chi connectivity index (χ0n) is 10.9. The van der Waals surface area contributed by atoms with Crippen LogP contribution in [-0.4, -0.2) is 31.8 Å². The second kappa shape index (κ2) is 13.3. The molecule has 0 saturated heterocycles. The van der Waals surface area contributed by atoms with E-state index in [1.54, 1.807) is 0 Å². The fourth-order valence-corrected chi connectivity index (χ4v) is 1.66. The van der Waals surface area contributed by atoms with Gasteiger partial charge in [-0.25, -0.2) is 0 Å². The van der Waals surface area contributed by atoms with E-state index >= 15 is 0 Å². The lowest BCUT2D eigenvalue weighted by molar-refractivity contribution is -0.137. The largest absolute Gasteiger partial charge is 0.480 e. The minimum atomic E-state index is -0.761. The van der Waals surface area contributed by atoms with Crippen molar-refractivity contribution in [3.8, 4) is 0 Å². The Hall–Kier alpha value is -0.100. The van der Waals surface area contributed by atoms with Crippen LogP contribution in [0.25, 0.3) is 0 Å². The molecule has 18 heavy (non-hydrogen) atoms. The summed E-state index contributed by atoms with van der Waals surface area (Å²) in [4.78, 5) is 19.6. The number of aliphatic carboxylic acids is 2. The lowest BCUT2D eigenvalue weighted by atomic mass is 10.2. The molecule has 0 radical (unpaired) electrons. The molecular formula is C12H22Br2O4. The number of rotatable bonds is 8. The molecule has 0 heterocycles. The van der Waals surface area contributed by atoms with E-state index in [2.05, 4.69) is 31.9 Å². The van der Waals surface area contributed by atoms with Gasteiger partial charge in [-0.2, -0.15) is 0 Å². The highest BCUT2D eigenvalue weighted by molar-refractivity contribution is 9.10. The van der Waals surface area contributed by atoms with Crippen LogP contribution >= 0.6 is 31.9 Å². The van der Waals surface area contributed by atoms with Gasteiger partial charge in [-0.1, -0.05) is 71.4 Å². The molecule has 2 unspecified atom stereocenters. The van der Waals surface area contributed by atoms with Crippen molar-refractivity contribution in [2.75, 3.05) is 0 Å². The smallest absolute Gasteiger partial charge is 0.317 e. The first-order chi connectivity index (χ1) is 8.36. The number of carbonyl (C=O) groups is 2. The van der Waals surface area contributed by atoms with Crippen LogP contribution in [0.5, 0.6) is 0 Å². The minimum Gasteiger partial charge on any atom is -0.480 e. The maximum Gasteiger partial charge on any atom is 0.317 e. The summed E-state index contributed by atoms with van der Waals surface area (Å²) in [7, 11) is 0. The molecule has 0 spiro atoms. The van der Waals surface area contributed by atoms with E-state index in [9.17, 15) is 9.59 Å². The van der Waals surface area contributed by atoms with E-state index in [0.717, 1.165) is 38.5 Å². The summed E-state index contributed by atoms with van der Waals surface area (Å²) in [5, 5.41) is 16.7. The number of hydrogen-bond donors (Lipinski definition) is 2. The molecule has 0 rings (SSSR count). The molecule has 0 aliphatic rings. The molecule has 0 amide bonds. The number of carboxylic acid groups (broad SMARTS) is 2. The Labute approximate surface area is 125 Å². The molecule has 0 aromatic rings. The van der Waals surface area contributed by atoms with Gasteiger partial charge in [-0.3, -0.25) is 9.59 Å². The topological polar surface area (TPSA) is 74.6 Å². The number of alkyl halides is 2. The van der Waals surface area contributed by atoms with Crippen molar-refractivity contribution in [1.82, 2.24) is 0 Å². The van der Waals surface area contributed by atoms with Crippen LogP contribution in [0.15, 0.2) is 0 Å². The first-order valence-electron chi connectivity index (χ1n) is 6.10. The summed E-state index contributed by atoms with van der Waals surface area (Å²) in [6.07, 6.45) is 5.51. The van der Waals surface area contributed by atoms with E-state index in [0.29, 0.717) is 0 Å². The first kappa shape index (κ1) is 20.2. The highest BCUT2D eigenvalue weighted by Gasteiger charge is 2.11. The number of hydrogen-bond acceptors (Lipinski definition) is 2. The third-order valence-electron chi connectivity index (χ3n) is 2.16. The van der Waals surface area contributed by atoms with E-state index in [1.165, 1.54) is 0 Å². The molecule has 0 aliphatic carbocycles. The first-order valence-corrected chi connectivity index (χ1v) is 7.93. The Morgan fingerprint density at radius 2 is 1.17 bits per heavy atom. The average molecular weight is 390 g/mol. The van der Waals surface area contributed by atoms with Crippen LogP contribution in [0, 0.1) is 0 Å². The molecule has 0 aliphatic heterocycles. The molecule has 2 N–H and O–H groups in total. The Balaban J connectivity index is 0. The van der Waals surface area contributed by atoms with Crippen molar-refractivity contribution < 1.29 is 19.8 Å². The van der Waals surface area contributed by atoms with Crippen molar-refractivity contribution in [2.45, 2.75) is 62.0 Å². The Bertz CT molecular complexity index is 210. The van der Waals surface area contributed by atoms with Gasteiger partial charge in [0.1, 0.15) is 9.65 Å². The zero-order valence-corrected chi connectivity index (χ0v) is 14.0. The van der Waals surface area contributed by atoms with Crippen molar-refractivity contribution in [3.63, 3.8) is 0 Å². The van der Waals surface area contributed by atoms with Crippen LogP contribution in [-0.2, 0) is 9.59 Å². The molecule has 2 atom stereocenters. The lowest BCUT2D eigenvalue weighted by Gasteiger charge is -2.00. The molecule has 0 bridgehead atoms. The van der Waals surface area contributed by atoms with E-state index < -0.39 is 11.9 Å². The van der Waals surface area contributed by atoms with Gasteiger partial charge in [0.15, 0.2) is 0 Å². The van der Waals surface area contributed by atoms with Gasteiger partial charge < -0.3 is 10.2 Å². The van der Waals surface area contributed by atoms with E-state index in [1.807, 2.05) is 13.8 Å². The predicted octanol–water partition coefficient (Wildman–Crippen LogP) is 4.05. The fraction of sp³-hybridized carbons (Fsp3) is 0.833. The quantitative estimate of drug-likeness (QED) is 0.614. The van der Waals surface area contributed by atoms with Crippen molar-refractivity contribution in [1.29, 1.82) is 0 Å². The van der Waals surface area contributed by atoms with Gasteiger partial charge in [0.2, 0.25) is 0 Å². The Kier molecular flexibility index (Phi) is 15.0. The fourth-order valence-electron chi connectivity index (χ4n) is 1.01. The SMILES string of the molecule is CCCCC(Br)C(=O)O.CCCCC(Br)C(=O)O. The van der Waals surface area contributed by atoms with Gasteiger partial charge in [0.05, 0.1) is 0 Å². The lowest BCUT2D eigenvalue weighted by Crippen LogP contribution is -2.11. The third-order valence-corrected chi connectivity index (χ3v) is 3.86. The summed E-state index contributed by atoms with van der Waals surface area (Å²) in [5.41, 5.74) is 0. The highest BCUT2D eigenvalue weighted by atomic mass is 79.9. The van der Waals surface area contributed by atoms with E-state index in [4.69, 9.17) is 10.2 Å². The maximum absolute atomic E-state index is 10.2. The molecular weight excluding hydrogens is 368 g/mol. The molecule has 6 heteroatoms. The van der Waals surface area contributed by atoms with Crippen LogP contribution in [0.3, 0.4) is 0 Å². The average Bonchev–Trinajstić information content (AvgIpc) is 2.33. The van der Waals surface area contributed by atoms with Gasteiger partial charge in [-0.15, -0.1) is 0 Å². The van der Waals surface area contributed by atoms with Gasteiger partial charge in [-0.05, 0) is 12.8 Å². The summed E-state index contributed by atoms with van der Waals surface area (Å²) >= 11 is 6.09. The monoisotopic (exact) mass is 388 g/mol. The van der Waals surface area contributed by atoms with Crippen molar-refractivity contribution in [2.24, 2.45) is 0 Å². The van der Waals surface area contributed by atoms with Crippen LogP contribution < -0.4 is 0 Å². The molecule has 0 aromatic heterocycles. The second-order valence-corrected chi connectivity index (χ2v) is 6.11. The molecule has 108 valence electrons. The van der Waals surface area contributed by atoms with Crippen LogP contribution in [0.1, 0.15) is 52.4 Å². The van der Waals surface area contributed by atoms with Gasteiger partial charge >= 0.3 is 11.9 Å². The summed E-state index contributed by atoms with van der Waals surface area (Å²) in [5.74, 6) is -1.52. The normalized spacial score (nSPS) is 13.1. The second-order valence-electron chi connectivity index (χ2n) is 3.90. The molecule has 4 nitrogen and oxygen atoms in total. The summed E-state index contributed by atoms with van der Waals surface area (Å²) < 4.78 is 0. The number of halogens is 2. The number of carboxylic acids is 2. The Morgan fingerprint density at radius 1 is 0.889 bits per heavy atom. The predicted molar refractivity (Wildman–Crippen MR) is 79.8 cm³/mol. The summed E-state index contributed by atoms with van der Waals surface area (Å²) in [6, 6.07) is 0.